The molecule has 0 radical (unpaired) electrons. The summed E-state index contributed by atoms with van der Waals surface area (Å²) in [5.74, 6) is -0.146. The number of nitrogens with zero attached hydrogens (tertiary/aromatic N) is 4. The van der Waals surface area contributed by atoms with Crippen molar-refractivity contribution in [3.63, 3.8) is 0 Å². The minimum Gasteiger partial charge on any atom is -0.314 e. The molecule has 126 valence electrons. The van der Waals surface area contributed by atoms with Crippen molar-refractivity contribution in [1.82, 2.24) is 19.7 Å². The lowest BCUT2D eigenvalue weighted by Crippen LogP contribution is -2.21. The van der Waals surface area contributed by atoms with Crippen molar-refractivity contribution in [2.45, 2.75) is 39.2 Å². The lowest BCUT2D eigenvalue weighted by atomic mass is 10.1. The van der Waals surface area contributed by atoms with Crippen LogP contribution in [0.1, 0.15) is 36.8 Å². The van der Waals surface area contributed by atoms with Gasteiger partial charge in [0, 0.05) is 18.2 Å². The first-order chi connectivity index (χ1) is 10.7. The molecular formula is C15H18F4N4. The Balaban J connectivity index is 2.08. The molecule has 0 amide bonds. The van der Waals surface area contributed by atoms with Gasteiger partial charge in [-0.05, 0) is 33.0 Å². The molecule has 0 fully saturated rings. The molecule has 0 saturated carbocycles. The van der Waals surface area contributed by atoms with Crippen molar-refractivity contribution >= 4 is 0 Å². The monoisotopic (exact) mass is 330 g/mol. The SMILES string of the molecule is CC(C)n1cnnc1CN(C)Cc1ccc(C(F)(F)F)cc1F. The van der Waals surface area contributed by atoms with Gasteiger partial charge in [-0.25, -0.2) is 4.39 Å². The smallest absolute Gasteiger partial charge is 0.314 e. The first-order valence-electron chi connectivity index (χ1n) is 7.11. The van der Waals surface area contributed by atoms with E-state index in [1.807, 2.05) is 18.4 Å². The highest BCUT2D eigenvalue weighted by Crippen LogP contribution is 2.30. The number of benzene rings is 1. The Hall–Kier alpha value is -1.96. The van der Waals surface area contributed by atoms with Crippen LogP contribution in [0.3, 0.4) is 0 Å². The lowest BCUT2D eigenvalue weighted by Gasteiger charge is -2.19. The molecule has 2 rings (SSSR count). The van der Waals surface area contributed by atoms with Crippen molar-refractivity contribution in [2.75, 3.05) is 7.05 Å². The van der Waals surface area contributed by atoms with Crippen LogP contribution in [0.2, 0.25) is 0 Å². The number of halogens is 4. The van der Waals surface area contributed by atoms with Gasteiger partial charge in [0.05, 0.1) is 12.1 Å². The van der Waals surface area contributed by atoms with Gasteiger partial charge in [-0.1, -0.05) is 6.07 Å². The van der Waals surface area contributed by atoms with Gasteiger partial charge in [-0.15, -0.1) is 10.2 Å². The molecule has 0 atom stereocenters. The van der Waals surface area contributed by atoms with Gasteiger partial charge in [-0.2, -0.15) is 13.2 Å². The van der Waals surface area contributed by atoms with Gasteiger partial charge in [0.2, 0.25) is 0 Å². The summed E-state index contributed by atoms with van der Waals surface area (Å²) in [5, 5.41) is 7.86. The fraction of sp³-hybridized carbons (Fsp3) is 0.467. The second-order valence-corrected chi connectivity index (χ2v) is 5.72. The molecule has 2 aromatic rings. The highest BCUT2D eigenvalue weighted by molar-refractivity contribution is 5.26. The maximum atomic E-state index is 13.9. The maximum absolute atomic E-state index is 13.9. The minimum absolute atomic E-state index is 0.176. The zero-order valence-electron chi connectivity index (χ0n) is 13.1. The average Bonchev–Trinajstić information content (AvgIpc) is 2.88. The number of hydrogen-bond acceptors (Lipinski definition) is 3. The molecule has 0 bridgehead atoms. The number of alkyl halides is 3. The summed E-state index contributed by atoms with van der Waals surface area (Å²) in [5.41, 5.74) is -0.780. The highest BCUT2D eigenvalue weighted by Gasteiger charge is 2.31. The normalized spacial score (nSPS) is 12.4. The van der Waals surface area contributed by atoms with E-state index >= 15 is 0 Å². The van der Waals surface area contributed by atoms with E-state index in [0.717, 1.165) is 11.9 Å². The second-order valence-electron chi connectivity index (χ2n) is 5.72. The molecule has 0 N–H and O–H groups in total. The van der Waals surface area contributed by atoms with Crippen LogP contribution in [0.25, 0.3) is 0 Å². The Labute approximate surface area is 131 Å². The van der Waals surface area contributed by atoms with Crippen molar-refractivity contribution in [1.29, 1.82) is 0 Å². The van der Waals surface area contributed by atoms with Crippen molar-refractivity contribution in [2.24, 2.45) is 0 Å². The Kier molecular flexibility index (Phi) is 5.03. The van der Waals surface area contributed by atoms with Crippen LogP contribution < -0.4 is 0 Å². The Morgan fingerprint density at radius 3 is 2.48 bits per heavy atom. The van der Waals surface area contributed by atoms with Crippen LogP contribution in [-0.4, -0.2) is 26.7 Å². The zero-order chi connectivity index (χ0) is 17.2. The van der Waals surface area contributed by atoms with Gasteiger partial charge in [0.15, 0.2) is 0 Å². The summed E-state index contributed by atoms with van der Waals surface area (Å²) in [6.45, 7) is 4.57. The van der Waals surface area contributed by atoms with Crippen LogP contribution in [0.15, 0.2) is 24.5 Å². The molecule has 4 nitrogen and oxygen atoms in total. The van der Waals surface area contributed by atoms with Crippen LogP contribution in [-0.2, 0) is 19.3 Å². The standard InChI is InChI=1S/C15H18F4N4/c1-10(2)23-9-20-21-14(23)8-22(3)7-11-4-5-12(6-13(11)16)15(17,18)19/h4-6,9-10H,7-8H2,1-3H3. The summed E-state index contributed by atoms with van der Waals surface area (Å²) in [7, 11) is 1.75. The van der Waals surface area contributed by atoms with Gasteiger partial charge in [-0.3, -0.25) is 4.90 Å². The third kappa shape index (κ3) is 4.28. The Morgan fingerprint density at radius 1 is 1.22 bits per heavy atom. The predicted molar refractivity (Wildman–Crippen MR) is 77.0 cm³/mol. The molecule has 0 saturated heterocycles. The maximum Gasteiger partial charge on any atom is 0.416 e. The van der Waals surface area contributed by atoms with Crippen LogP contribution in [0.4, 0.5) is 17.6 Å². The van der Waals surface area contributed by atoms with Gasteiger partial charge < -0.3 is 4.57 Å². The van der Waals surface area contributed by atoms with E-state index in [-0.39, 0.29) is 18.2 Å². The van der Waals surface area contributed by atoms with Crippen LogP contribution in [0, 0.1) is 5.82 Å². The molecule has 0 aliphatic heterocycles. The zero-order valence-corrected chi connectivity index (χ0v) is 13.1. The quantitative estimate of drug-likeness (QED) is 0.785. The molecule has 23 heavy (non-hydrogen) atoms. The van der Waals surface area contributed by atoms with Crippen molar-refractivity contribution < 1.29 is 17.6 Å². The topological polar surface area (TPSA) is 34.0 Å². The van der Waals surface area contributed by atoms with Gasteiger partial charge in [0.1, 0.15) is 18.0 Å². The highest BCUT2D eigenvalue weighted by atomic mass is 19.4. The van der Waals surface area contributed by atoms with E-state index in [2.05, 4.69) is 10.2 Å². The van der Waals surface area contributed by atoms with E-state index in [1.54, 1.807) is 18.3 Å². The third-order valence-electron chi connectivity index (χ3n) is 3.44. The average molecular weight is 330 g/mol. The third-order valence-corrected chi connectivity index (χ3v) is 3.44. The van der Waals surface area contributed by atoms with E-state index in [9.17, 15) is 17.6 Å². The molecule has 0 aliphatic carbocycles. The summed E-state index contributed by atoms with van der Waals surface area (Å²) in [6, 6.07) is 2.78. The van der Waals surface area contributed by atoms with Gasteiger partial charge >= 0.3 is 6.18 Å². The second kappa shape index (κ2) is 6.66. The summed E-state index contributed by atoms with van der Waals surface area (Å²) in [4.78, 5) is 1.77. The minimum atomic E-state index is -4.54. The van der Waals surface area contributed by atoms with Crippen LogP contribution >= 0.6 is 0 Å². The Morgan fingerprint density at radius 2 is 1.91 bits per heavy atom. The fourth-order valence-corrected chi connectivity index (χ4v) is 2.25. The Bertz CT molecular complexity index is 664. The van der Waals surface area contributed by atoms with E-state index in [0.29, 0.717) is 12.6 Å². The largest absolute Gasteiger partial charge is 0.416 e. The fourth-order valence-electron chi connectivity index (χ4n) is 2.25. The molecule has 8 heteroatoms. The first kappa shape index (κ1) is 17.4. The number of aromatic nitrogens is 3. The molecule has 0 spiro atoms. The number of rotatable bonds is 5. The molecule has 1 aromatic heterocycles. The van der Waals surface area contributed by atoms with Gasteiger partial charge in [0.25, 0.3) is 0 Å². The predicted octanol–water partition coefficient (Wildman–Crippen LogP) is 3.65. The molecule has 1 heterocycles. The van der Waals surface area contributed by atoms with E-state index in [4.69, 9.17) is 0 Å². The number of hydrogen-bond donors (Lipinski definition) is 0. The summed E-state index contributed by atoms with van der Waals surface area (Å²) < 4.78 is 53.4. The molecule has 0 unspecified atom stereocenters. The van der Waals surface area contributed by atoms with E-state index in [1.165, 1.54) is 6.07 Å². The molecule has 0 aliphatic rings. The molecule has 1 aromatic carbocycles. The van der Waals surface area contributed by atoms with Crippen molar-refractivity contribution in [3.05, 3.63) is 47.3 Å². The van der Waals surface area contributed by atoms with E-state index < -0.39 is 17.6 Å². The van der Waals surface area contributed by atoms with Crippen molar-refractivity contribution in [3.8, 4) is 0 Å². The first-order valence-corrected chi connectivity index (χ1v) is 7.11. The van der Waals surface area contributed by atoms with Crippen LogP contribution in [0.5, 0.6) is 0 Å². The molecular weight excluding hydrogens is 312 g/mol. The summed E-state index contributed by atoms with van der Waals surface area (Å²) >= 11 is 0. The lowest BCUT2D eigenvalue weighted by molar-refractivity contribution is -0.137. The summed E-state index contributed by atoms with van der Waals surface area (Å²) in [6.07, 6.45) is -2.93.